The molecule has 7 aromatic carbocycles. The average molecular weight is 651 g/mol. The first-order valence-electron chi connectivity index (χ1n) is 17.3. The summed E-state index contributed by atoms with van der Waals surface area (Å²) in [4.78, 5) is 10.4. The van der Waals surface area contributed by atoms with E-state index in [4.69, 9.17) is 14.4 Å². The highest BCUT2D eigenvalue weighted by Crippen LogP contribution is 2.44. The van der Waals surface area contributed by atoms with Crippen LogP contribution in [0.4, 0.5) is 0 Å². The van der Waals surface area contributed by atoms with Gasteiger partial charge in [0.2, 0.25) is 0 Å². The molecule has 0 aliphatic carbocycles. The molecule has 0 aliphatic rings. The summed E-state index contributed by atoms with van der Waals surface area (Å²) >= 11 is 0. The Morgan fingerprint density at radius 2 is 1.14 bits per heavy atom. The summed E-state index contributed by atoms with van der Waals surface area (Å²) in [6.07, 6.45) is 0. The first kappa shape index (κ1) is 26.9. The van der Waals surface area contributed by atoms with E-state index in [2.05, 4.69) is 130 Å². The standard InChI is InChI=1S/C46H26N4O/c1-2-12-27(13-3-1)46-47-42-34-16-6-9-23-40(34)51-45(42)43(48-46)35-19-11-22-38-41(35)33-15-5-8-21-37(33)49(38)28-24-25-30-32-18-10-17-31-29-14-4-7-20-36(29)50(44(31)32)39(30)26-28/h1-26H. The smallest absolute Gasteiger partial charge is 0.180 e. The third-order valence-electron chi connectivity index (χ3n) is 10.7. The summed E-state index contributed by atoms with van der Waals surface area (Å²) < 4.78 is 11.4. The lowest BCUT2D eigenvalue weighted by Crippen LogP contribution is -1.96. The topological polar surface area (TPSA) is 48.3 Å². The molecule has 0 N–H and O–H groups in total. The van der Waals surface area contributed by atoms with E-state index in [1.807, 2.05) is 36.4 Å². The number of rotatable bonds is 3. The summed E-state index contributed by atoms with van der Waals surface area (Å²) in [6, 6.07) is 55.9. The molecular formula is C46H26N4O. The van der Waals surface area contributed by atoms with Crippen LogP contribution in [0, 0.1) is 0 Å². The largest absolute Gasteiger partial charge is 0.452 e. The molecule has 0 atom stereocenters. The molecule has 5 heterocycles. The van der Waals surface area contributed by atoms with Crippen molar-refractivity contribution in [1.82, 2.24) is 18.9 Å². The molecule has 5 heteroatoms. The van der Waals surface area contributed by atoms with Crippen LogP contribution in [0.15, 0.2) is 162 Å². The van der Waals surface area contributed by atoms with E-state index >= 15 is 0 Å². The zero-order valence-corrected chi connectivity index (χ0v) is 27.2. The van der Waals surface area contributed by atoms with E-state index in [-0.39, 0.29) is 0 Å². The summed E-state index contributed by atoms with van der Waals surface area (Å²) in [5.41, 5.74) is 12.1. The fraction of sp³-hybridized carbons (Fsp3) is 0. The van der Waals surface area contributed by atoms with Gasteiger partial charge in [0.15, 0.2) is 11.4 Å². The number of furan rings is 1. The van der Waals surface area contributed by atoms with Crippen molar-refractivity contribution in [3.8, 4) is 28.3 Å². The summed E-state index contributed by atoms with van der Waals surface area (Å²) in [7, 11) is 0. The van der Waals surface area contributed by atoms with Gasteiger partial charge in [-0.1, -0.05) is 115 Å². The lowest BCUT2D eigenvalue weighted by molar-refractivity contribution is 0.667. The monoisotopic (exact) mass is 650 g/mol. The third kappa shape index (κ3) is 3.54. The van der Waals surface area contributed by atoms with Crippen LogP contribution in [0.3, 0.4) is 0 Å². The fourth-order valence-electron chi connectivity index (χ4n) is 8.54. The Morgan fingerprint density at radius 3 is 2.00 bits per heavy atom. The third-order valence-corrected chi connectivity index (χ3v) is 10.7. The van der Waals surface area contributed by atoms with Gasteiger partial charge in [0.1, 0.15) is 16.8 Å². The molecule has 0 unspecified atom stereocenters. The van der Waals surface area contributed by atoms with Crippen molar-refractivity contribution in [2.75, 3.05) is 0 Å². The van der Waals surface area contributed by atoms with Crippen molar-refractivity contribution < 1.29 is 4.42 Å². The predicted molar refractivity (Wildman–Crippen MR) is 209 cm³/mol. The van der Waals surface area contributed by atoms with Gasteiger partial charge in [-0.25, -0.2) is 9.97 Å². The second kappa shape index (κ2) is 9.80. The maximum absolute atomic E-state index is 6.58. The van der Waals surface area contributed by atoms with Gasteiger partial charge in [-0.2, -0.15) is 0 Å². The number of aromatic nitrogens is 4. The van der Waals surface area contributed by atoms with E-state index in [0.29, 0.717) is 11.4 Å². The maximum atomic E-state index is 6.58. The van der Waals surface area contributed by atoms with E-state index in [1.165, 1.54) is 38.1 Å². The molecule has 12 aromatic rings. The second-order valence-electron chi connectivity index (χ2n) is 13.3. The Balaban J connectivity index is 1.18. The highest BCUT2D eigenvalue weighted by Gasteiger charge is 2.23. The summed E-state index contributed by atoms with van der Waals surface area (Å²) in [5.74, 6) is 0.675. The van der Waals surface area contributed by atoms with Gasteiger partial charge >= 0.3 is 0 Å². The Hall–Kier alpha value is -6.98. The molecule has 5 aromatic heterocycles. The molecule has 0 saturated carbocycles. The maximum Gasteiger partial charge on any atom is 0.180 e. The quantitative estimate of drug-likeness (QED) is 0.191. The number of para-hydroxylation sites is 4. The van der Waals surface area contributed by atoms with Crippen molar-refractivity contribution in [2.24, 2.45) is 0 Å². The lowest BCUT2D eigenvalue weighted by atomic mass is 10.0. The van der Waals surface area contributed by atoms with E-state index in [0.717, 1.165) is 60.8 Å². The van der Waals surface area contributed by atoms with Crippen LogP contribution in [-0.2, 0) is 0 Å². The van der Waals surface area contributed by atoms with Crippen LogP contribution in [0.2, 0.25) is 0 Å². The molecule has 5 nitrogen and oxygen atoms in total. The summed E-state index contributed by atoms with van der Waals surface area (Å²) in [6.45, 7) is 0. The number of hydrogen-bond donors (Lipinski definition) is 0. The van der Waals surface area contributed by atoms with Crippen molar-refractivity contribution in [3.63, 3.8) is 0 Å². The normalized spacial score (nSPS) is 12.3. The van der Waals surface area contributed by atoms with Crippen molar-refractivity contribution in [3.05, 3.63) is 158 Å². The minimum absolute atomic E-state index is 0.675. The number of fused-ring (bicyclic) bond motifs is 12. The van der Waals surface area contributed by atoms with Gasteiger partial charge in [0.25, 0.3) is 0 Å². The molecule has 0 amide bonds. The van der Waals surface area contributed by atoms with Gasteiger partial charge in [-0.15, -0.1) is 0 Å². The first-order valence-corrected chi connectivity index (χ1v) is 17.3. The second-order valence-corrected chi connectivity index (χ2v) is 13.3. The molecule has 0 spiro atoms. The molecule has 51 heavy (non-hydrogen) atoms. The molecule has 0 saturated heterocycles. The van der Waals surface area contributed by atoms with Crippen LogP contribution in [0.5, 0.6) is 0 Å². The van der Waals surface area contributed by atoms with Gasteiger partial charge in [-0.05, 0) is 42.5 Å². The highest BCUT2D eigenvalue weighted by atomic mass is 16.3. The van der Waals surface area contributed by atoms with Crippen molar-refractivity contribution in [2.45, 2.75) is 0 Å². The minimum Gasteiger partial charge on any atom is -0.452 e. The van der Waals surface area contributed by atoms with Crippen molar-refractivity contribution in [1.29, 1.82) is 0 Å². The van der Waals surface area contributed by atoms with E-state index in [1.54, 1.807) is 0 Å². The molecule has 0 aliphatic heterocycles. The Kier molecular flexibility index (Phi) is 5.17. The van der Waals surface area contributed by atoms with Crippen LogP contribution >= 0.6 is 0 Å². The van der Waals surface area contributed by atoms with Crippen LogP contribution in [-0.4, -0.2) is 18.9 Å². The molecule has 0 radical (unpaired) electrons. The number of benzene rings is 7. The Labute approximate surface area is 290 Å². The van der Waals surface area contributed by atoms with Gasteiger partial charge in [0.05, 0.1) is 27.6 Å². The van der Waals surface area contributed by atoms with Crippen molar-refractivity contribution >= 4 is 82.0 Å². The molecule has 0 bridgehead atoms. The molecule has 0 fully saturated rings. The predicted octanol–water partition coefficient (Wildman–Crippen LogP) is 12.0. The first-order chi connectivity index (χ1) is 25.3. The molecular weight excluding hydrogens is 625 g/mol. The van der Waals surface area contributed by atoms with Gasteiger partial charge in [0, 0.05) is 54.5 Å². The SMILES string of the molecule is c1ccc(-c2nc(-c3cccc4c3c3ccccc3n4-c3ccc4c5cccc6c7ccccc7n(c4c3)c65)c3oc4ccccc4c3n2)cc1. The van der Waals surface area contributed by atoms with Crippen LogP contribution in [0.25, 0.3) is 110 Å². The van der Waals surface area contributed by atoms with E-state index < -0.39 is 0 Å². The highest BCUT2D eigenvalue weighted by molar-refractivity contribution is 6.24. The lowest BCUT2D eigenvalue weighted by Gasteiger charge is -2.10. The average Bonchev–Trinajstić information content (AvgIpc) is 3.93. The van der Waals surface area contributed by atoms with Crippen LogP contribution in [0.1, 0.15) is 0 Å². The van der Waals surface area contributed by atoms with Crippen LogP contribution < -0.4 is 0 Å². The minimum atomic E-state index is 0.675. The zero-order valence-electron chi connectivity index (χ0n) is 27.2. The molecule has 236 valence electrons. The zero-order chi connectivity index (χ0) is 33.2. The number of hydrogen-bond acceptors (Lipinski definition) is 3. The Bertz CT molecular complexity index is 3370. The van der Waals surface area contributed by atoms with E-state index in [9.17, 15) is 0 Å². The molecule has 12 rings (SSSR count). The fourth-order valence-corrected chi connectivity index (χ4v) is 8.54. The number of nitrogens with zero attached hydrogens (tertiary/aromatic N) is 4. The van der Waals surface area contributed by atoms with Gasteiger partial charge < -0.3 is 13.4 Å². The Morgan fingerprint density at radius 1 is 0.471 bits per heavy atom. The summed E-state index contributed by atoms with van der Waals surface area (Å²) in [5, 5.41) is 8.38. The van der Waals surface area contributed by atoms with Gasteiger partial charge in [-0.3, -0.25) is 0 Å².